The number of hydrogen-bond donors (Lipinski definition) is 1. The average molecular weight is 430 g/mol. The number of para-hydroxylation sites is 1. The van der Waals surface area contributed by atoms with Crippen LogP contribution >= 0.6 is 0 Å². The molecule has 4 heteroatoms. The minimum atomic E-state index is -1.14. The molecule has 2 atom stereocenters. The van der Waals surface area contributed by atoms with E-state index in [4.69, 9.17) is 0 Å². The van der Waals surface area contributed by atoms with E-state index in [-0.39, 0.29) is 0 Å². The van der Waals surface area contributed by atoms with Crippen LogP contribution < -0.4 is 14.7 Å². The molecule has 0 saturated carbocycles. The molecular formula is C28H35N3O. The first-order chi connectivity index (χ1) is 15.4. The molecule has 0 saturated heterocycles. The van der Waals surface area contributed by atoms with E-state index in [1.807, 2.05) is 25.1 Å². The molecule has 0 heterocycles. The van der Waals surface area contributed by atoms with Crippen molar-refractivity contribution in [2.45, 2.75) is 39.0 Å². The van der Waals surface area contributed by atoms with Crippen LogP contribution in [0, 0.1) is 0 Å². The Morgan fingerprint density at radius 3 is 2.06 bits per heavy atom. The summed E-state index contributed by atoms with van der Waals surface area (Å²) in [5, 5.41) is 11.8. The molecule has 1 aliphatic rings. The number of aliphatic hydroxyl groups is 1. The molecule has 1 N–H and O–H groups in total. The van der Waals surface area contributed by atoms with Crippen molar-refractivity contribution in [3.8, 4) is 0 Å². The predicted octanol–water partition coefficient (Wildman–Crippen LogP) is 5.46. The summed E-state index contributed by atoms with van der Waals surface area (Å²) in [6.07, 6.45) is 0.997. The van der Waals surface area contributed by atoms with Crippen LogP contribution in [-0.4, -0.2) is 38.1 Å². The topological polar surface area (TPSA) is 30.0 Å². The molecule has 2 unspecified atom stereocenters. The van der Waals surface area contributed by atoms with Gasteiger partial charge < -0.3 is 19.8 Å². The van der Waals surface area contributed by atoms with Gasteiger partial charge in [-0.2, -0.15) is 0 Å². The quantitative estimate of drug-likeness (QED) is 0.482. The third-order valence-corrected chi connectivity index (χ3v) is 6.80. The number of hydrogen-bond acceptors (Lipinski definition) is 4. The first-order valence-electron chi connectivity index (χ1n) is 11.6. The highest BCUT2D eigenvalue weighted by molar-refractivity contribution is 5.66. The Morgan fingerprint density at radius 2 is 1.47 bits per heavy atom. The lowest BCUT2D eigenvalue weighted by Gasteiger charge is -2.48. The van der Waals surface area contributed by atoms with E-state index in [0.717, 1.165) is 24.3 Å². The molecule has 0 aromatic heterocycles. The Hall–Kier alpha value is -2.98. The van der Waals surface area contributed by atoms with Gasteiger partial charge in [-0.05, 0) is 67.3 Å². The Kier molecular flexibility index (Phi) is 6.16. The van der Waals surface area contributed by atoms with Gasteiger partial charge in [0.05, 0.1) is 0 Å². The molecule has 32 heavy (non-hydrogen) atoms. The molecule has 0 bridgehead atoms. The zero-order chi connectivity index (χ0) is 22.9. The zero-order valence-electron chi connectivity index (χ0n) is 19.9. The first-order valence-corrected chi connectivity index (χ1v) is 11.6. The standard InChI is InChI=1S/C28H35N3O/c1-6-30(23-12-9-8-10-13-23)28(3,32)31(7-2)27-15-11-14-24-25(20-26(24)27)21-16-18-22(19-17-21)29(4)5/h8-19,25,32H,6-7,20H2,1-5H3. The van der Waals surface area contributed by atoms with Gasteiger partial charge in [0.1, 0.15) is 0 Å². The van der Waals surface area contributed by atoms with Gasteiger partial charge in [0, 0.05) is 57.1 Å². The lowest BCUT2D eigenvalue weighted by atomic mass is 9.72. The number of rotatable bonds is 8. The third kappa shape index (κ3) is 3.84. The maximum atomic E-state index is 11.8. The molecule has 1 aliphatic carbocycles. The van der Waals surface area contributed by atoms with Crippen LogP contribution in [0.5, 0.6) is 0 Å². The van der Waals surface area contributed by atoms with Crippen LogP contribution in [0.15, 0.2) is 72.8 Å². The second kappa shape index (κ2) is 8.87. The monoisotopic (exact) mass is 429 g/mol. The highest BCUT2D eigenvalue weighted by Gasteiger charge is 2.39. The van der Waals surface area contributed by atoms with E-state index in [1.54, 1.807) is 0 Å². The molecule has 3 aromatic rings. The largest absolute Gasteiger partial charge is 0.378 e. The summed E-state index contributed by atoms with van der Waals surface area (Å²) < 4.78 is 0. The summed E-state index contributed by atoms with van der Waals surface area (Å²) in [6.45, 7) is 7.54. The van der Waals surface area contributed by atoms with E-state index in [2.05, 4.69) is 97.2 Å². The molecule has 0 fully saturated rings. The summed E-state index contributed by atoms with van der Waals surface area (Å²) in [6, 6.07) is 25.6. The Bertz CT molecular complexity index is 1040. The Morgan fingerprint density at radius 1 is 0.812 bits per heavy atom. The molecule has 4 nitrogen and oxygen atoms in total. The van der Waals surface area contributed by atoms with E-state index >= 15 is 0 Å². The Labute approximate surface area is 192 Å². The molecular weight excluding hydrogens is 394 g/mol. The summed E-state index contributed by atoms with van der Waals surface area (Å²) >= 11 is 0. The highest BCUT2D eigenvalue weighted by atomic mass is 16.3. The van der Waals surface area contributed by atoms with Crippen LogP contribution in [0.2, 0.25) is 0 Å². The molecule has 0 amide bonds. The van der Waals surface area contributed by atoms with Crippen LogP contribution in [0.25, 0.3) is 0 Å². The van der Waals surface area contributed by atoms with Gasteiger partial charge in [0.25, 0.3) is 0 Å². The van der Waals surface area contributed by atoms with Crippen LogP contribution in [0.4, 0.5) is 17.1 Å². The molecule has 4 rings (SSSR count). The van der Waals surface area contributed by atoms with Gasteiger partial charge in [-0.1, -0.05) is 42.5 Å². The maximum Gasteiger partial charge on any atom is 0.216 e. The smallest absolute Gasteiger partial charge is 0.216 e. The normalized spacial score (nSPS) is 16.5. The van der Waals surface area contributed by atoms with Gasteiger partial charge >= 0.3 is 0 Å². The first kappa shape index (κ1) is 22.2. The van der Waals surface area contributed by atoms with Crippen molar-refractivity contribution in [1.82, 2.24) is 0 Å². The van der Waals surface area contributed by atoms with Gasteiger partial charge in [-0.3, -0.25) is 0 Å². The number of benzene rings is 3. The number of fused-ring (bicyclic) bond motifs is 1. The van der Waals surface area contributed by atoms with Gasteiger partial charge in [-0.15, -0.1) is 0 Å². The maximum absolute atomic E-state index is 11.8. The molecule has 0 spiro atoms. The number of nitrogens with zero attached hydrogens (tertiary/aromatic N) is 3. The molecule has 0 aliphatic heterocycles. The van der Waals surface area contributed by atoms with Crippen molar-refractivity contribution in [3.63, 3.8) is 0 Å². The fraction of sp³-hybridized carbons (Fsp3) is 0.357. The van der Waals surface area contributed by atoms with Crippen molar-refractivity contribution in [1.29, 1.82) is 0 Å². The summed E-state index contributed by atoms with van der Waals surface area (Å²) in [5.74, 6) is -0.723. The van der Waals surface area contributed by atoms with E-state index in [0.29, 0.717) is 12.5 Å². The van der Waals surface area contributed by atoms with Crippen molar-refractivity contribution < 1.29 is 5.11 Å². The van der Waals surface area contributed by atoms with Crippen molar-refractivity contribution in [3.05, 3.63) is 89.5 Å². The molecule has 168 valence electrons. The fourth-order valence-corrected chi connectivity index (χ4v) is 5.06. The average Bonchev–Trinajstić information content (AvgIpc) is 2.76. The van der Waals surface area contributed by atoms with Crippen LogP contribution in [0.3, 0.4) is 0 Å². The highest BCUT2D eigenvalue weighted by Crippen LogP contribution is 2.46. The lowest BCUT2D eigenvalue weighted by Crippen LogP contribution is -2.60. The molecule has 0 radical (unpaired) electrons. The summed E-state index contributed by atoms with van der Waals surface area (Å²) in [5.41, 5.74) is 7.44. The second-order valence-corrected chi connectivity index (χ2v) is 8.88. The number of anilines is 3. The van der Waals surface area contributed by atoms with Gasteiger partial charge in [-0.25, -0.2) is 0 Å². The van der Waals surface area contributed by atoms with Crippen molar-refractivity contribution >= 4 is 17.1 Å². The van der Waals surface area contributed by atoms with Gasteiger partial charge in [0.2, 0.25) is 5.85 Å². The van der Waals surface area contributed by atoms with E-state index in [1.165, 1.54) is 22.4 Å². The zero-order valence-corrected chi connectivity index (χ0v) is 19.9. The van der Waals surface area contributed by atoms with Crippen LogP contribution in [-0.2, 0) is 6.42 Å². The third-order valence-electron chi connectivity index (χ3n) is 6.80. The summed E-state index contributed by atoms with van der Waals surface area (Å²) in [4.78, 5) is 6.32. The second-order valence-electron chi connectivity index (χ2n) is 8.88. The minimum absolute atomic E-state index is 0.418. The predicted molar refractivity (Wildman–Crippen MR) is 136 cm³/mol. The van der Waals surface area contributed by atoms with Crippen molar-refractivity contribution in [2.24, 2.45) is 0 Å². The van der Waals surface area contributed by atoms with Crippen molar-refractivity contribution in [2.75, 3.05) is 41.9 Å². The van der Waals surface area contributed by atoms with E-state index in [9.17, 15) is 5.11 Å². The molecule has 3 aromatic carbocycles. The van der Waals surface area contributed by atoms with Gasteiger partial charge in [0.15, 0.2) is 0 Å². The SMILES string of the molecule is CCN(c1ccccc1)C(C)(O)N(CC)c1cccc2c1CC2c1ccc(N(C)C)cc1. The minimum Gasteiger partial charge on any atom is -0.378 e. The summed E-state index contributed by atoms with van der Waals surface area (Å²) in [7, 11) is 4.14. The Balaban J connectivity index is 1.65. The van der Waals surface area contributed by atoms with E-state index < -0.39 is 5.85 Å². The van der Waals surface area contributed by atoms with Crippen LogP contribution in [0.1, 0.15) is 43.4 Å². The lowest BCUT2D eigenvalue weighted by molar-refractivity contribution is 0.0531. The fourth-order valence-electron chi connectivity index (χ4n) is 5.06.